The summed E-state index contributed by atoms with van der Waals surface area (Å²) in [6.07, 6.45) is 3.32. The number of pyridine rings is 1. The molecule has 0 spiro atoms. The number of thiazole rings is 1. The number of fused-ring (bicyclic) bond motifs is 6. The molecule has 6 bridgehead atoms. The fourth-order valence-corrected chi connectivity index (χ4v) is 8.78. The zero-order chi connectivity index (χ0) is 40.5. The zero-order valence-corrected chi connectivity index (χ0v) is 34.8. The number of nitrogens with zero attached hydrogens (tertiary/aromatic N) is 5. The highest BCUT2D eigenvalue weighted by Gasteiger charge is 2.37. The minimum absolute atomic E-state index is 0.114. The number of esters is 1. The van der Waals surface area contributed by atoms with Crippen LogP contribution in [0.15, 0.2) is 41.9 Å². The Kier molecular flexibility index (Phi) is 12.3. The number of hydrazine groups is 1. The minimum atomic E-state index is -1.02. The van der Waals surface area contributed by atoms with Crippen molar-refractivity contribution < 1.29 is 28.7 Å². The van der Waals surface area contributed by atoms with Gasteiger partial charge in [-0.3, -0.25) is 29.2 Å². The molecule has 3 aromatic heterocycles. The molecule has 1 saturated heterocycles. The van der Waals surface area contributed by atoms with E-state index in [1.807, 2.05) is 32.2 Å². The Morgan fingerprint density at radius 2 is 1.96 bits per heavy atom. The summed E-state index contributed by atoms with van der Waals surface area (Å²) in [5.74, 6) is -1.73. The molecule has 56 heavy (non-hydrogen) atoms. The normalized spacial score (nSPS) is 20.0. The maximum absolute atomic E-state index is 14.3. The van der Waals surface area contributed by atoms with Crippen LogP contribution in [0.2, 0.25) is 0 Å². The summed E-state index contributed by atoms with van der Waals surface area (Å²) in [6.45, 7) is 14.7. The van der Waals surface area contributed by atoms with E-state index in [0.717, 1.165) is 44.0 Å². The lowest BCUT2D eigenvalue weighted by Gasteiger charge is -2.36. The number of benzene rings is 1. The molecule has 3 amide bonds. The standard InChI is InChI=1S/C42H55N7O6S/c1-10-48-34-16-15-27-19-30(34)31(37(48)29-13-11-17-43-35(29)25(4)54-9)21-42(6,7)23-55-41(53)32-14-12-18-49(46-32)40(52)33(20-28-22-56-39(27)44-28)45-38(51)36(24(2)3)47(8)26(5)50/h11,13,15-17,19,22,24-25,32-33,36,46H,10,12,14,18,20-21,23H2,1-9H3,(H,45,51)/t25-,32-,33-,36?/m0/s1. The molecule has 300 valence electrons. The lowest BCUT2D eigenvalue weighted by molar-refractivity contribution is -0.155. The van der Waals surface area contributed by atoms with E-state index < -0.39 is 41.3 Å². The van der Waals surface area contributed by atoms with Crippen LogP contribution in [0.25, 0.3) is 32.7 Å². The first-order chi connectivity index (χ1) is 26.6. The molecule has 0 radical (unpaired) electrons. The zero-order valence-electron chi connectivity index (χ0n) is 34.0. The second-order valence-corrected chi connectivity index (χ2v) is 17.0. The number of rotatable bonds is 8. The van der Waals surface area contributed by atoms with Gasteiger partial charge in [-0.25, -0.2) is 10.4 Å². The van der Waals surface area contributed by atoms with Gasteiger partial charge in [0.25, 0.3) is 5.91 Å². The average Bonchev–Trinajstić information content (AvgIpc) is 3.77. The molecule has 2 N–H and O–H groups in total. The minimum Gasteiger partial charge on any atom is -0.464 e. The monoisotopic (exact) mass is 785 g/mol. The van der Waals surface area contributed by atoms with Crippen LogP contribution in [-0.2, 0) is 48.0 Å². The van der Waals surface area contributed by atoms with Gasteiger partial charge >= 0.3 is 5.97 Å². The number of hydrogen-bond acceptors (Lipinski definition) is 10. The first kappa shape index (κ1) is 41.0. The van der Waals surface area contributed by atoms with Crippen molar-refractivity contribution in [3.05, 3.63) is 58.9 Å². The van der Waals surface area contributed by atoms with Gasteiger partial charge < -0.3 is 24.3 Å². The van der Waals surface area contributed by atoms with Gasteiger partial charge in [-0.15, -0.1) is 11.3 Å². The number of ether oxygens (including phenoxy) is 2. The van der Waals surface area contributed by atoms with Gasteiger partial charge in [0.1, 0.15) is 23.1 Å². The van der Waals surface area contributed by atoms with Crippen LogP contribution in [0.4, 0.5) is 0 Å². The third-order valence-corrected chi connectivity index (χ3v) is 11.9. The largest absolute Gasteiger partial charge is 0.464 e. The number of likely N-dealkylation sites (N-methyl/N-ethyl adjacent to an activating group) is 1. The third kappa shape index (κ3) is 8.37. The molecule has 5 heterocycles. The number of hydrogen-bond donors (Lipinski definition) is 2. The fourth-order valence-electron chi connectivity index (χ4n) is 7.95. The Bertz CT molecular complexity index is 2110. The van der Waals surface area contributed by atoms with Crippen LogP contribution < -0.4 is 10.7 Å². The number of amides is 3. The van der Waals surface area contributed by atoms with Gasteiger partial charge in [0.2, 0.25) is 11.8 Å². The molecule has 6 rings (SSSR count). The van der Waals surface area contributed by atoms with Crippen molar-refractivity contribution in [2.45, 2.75) is 105 Å². The third-order valence-electron chi connectivity index (χ3n) is 11.0. The maximum atomic E-state index is 14.3. The van der Waals surface area contributed by atoms with E-state index in [4.69, 9.17) is 19.4 Å². The molecule has 1 fully saturated rings. The summed E-state index contributed by atoms with van der Waals surface area (Å²) < 4.78 is 14.2. The Morgan fingerprint density at radius 1 is 1.20 bits per heavy atom. The Hall–Kier alpha value is -4.66. The molecule has 0 aliphatic carbocycles. The molecule has 4 atom stereocenters. The molecule has 0 saturated carbocycles. The second-order valence-electron chi connectivity index (χ2n) is 16.1. The van der Waals surface area contributed by atoms with Gasteiger partial charge in [-0.05, 0) is 74.9 Å². The summed E-state index contributed by atoms with van der Waals surface area (Å²) in [4.78, 5) is 65.4. The maximum Gasteiger partial charge on any atom is 0.324 e. The molecule has 2 aliphatic heterocycles. The molecular weight excluding hydrogens is 731 g/mol. The van der Waals surface area contributed by atoms with E-state index in [0.29, 0.717) is 38.0 Å². The van der Waals surface area contributed by atoms with Crippen LogP contribution in [0.3, 0.4) is 0 Å². The SMILES string of the molecule is CCn1c(-c2cccnc2[C@H](C)OC)c2c3cc(ccc31)-c1nc(cs1)C[C@H](NC(=O)C(C(C)C)N(C)C(C)=O)C(=O)N1CCC[C@H](N1)C(=O)OCC(C)(C)C2. The van der Waals surface area contributed by atoms with Crippen molar-refractivity contribution >= 4 is 45.9 Å². The first-order valence-corrected chi connectivity index (χ1v) is 20.4. The number of aryl methyl sites for hydroxylation is 1. The van der Waals surface area contributed by atoms with Gasteiger partial charge in [-0.2, -0.15) is 0 Å². The lowest BCUT2D eigenvalue weighted by Crippen LogP contribution is -2.62. The van der Waals surface area contributed by atoms with Gasteiger partial charge in [0.15, 0.2) is 0 Å². The van der Waals surface area contributed by atoms with Crippen LogP contribution in [0, 0.1) is 11.3 Å². The van der Waals surface area contributed by atoms with E-state index in [1.165, 1.54) is 28.2 Å². The van der Waals surface area contributed by atoms with Crippen LogP contribution in [-0.4, -0.2) is 93.6 Å². The quantitative estimate of drug-likeness (QED) is 0.215. The molecule has 14 heteroatoms. The van der Waals surface area contributed by atoms with Crippen molar-refractivity contribution in [3.63, 3.8) is 0 Å². The summed E-state index contributed by atoms with van der Waals surface area (Å²) in [5, 5.41) is 8.16. The lowest BCUT2D eigenvalue weighted by atomic mass is 9.84. The van der Waals surface area contributed by atoms with Gasteiger partial charge in [0, 0.05) is 79.6 Å². The average molecular weight is 786 g/mol. The number of methoxy groups -OCH3 is 1. The molecule has 1 aromatic carbocycles. The molecule has 4 aromatic rings. The number of nitrogens with one attached hydrogen (secondary N) is 2. The van der Waals surface area contributed by atoms with Crippen LogP contribution in [0.1, 0.15) is 84.4 Å². The fraction of sp³-hybridized carbons (Fsp3) is 0.524. The van der Waals surface area contributed by atoms with Gasteiger partial charge in [0.05, 0.1) is 29.8 Å². The Balaban J connectivity index is 1.48. The first-order valence-electron chi connectivity index (χ1n) is 19.5. The summed E-state index contributed by atoms with van der Waals surface area (Å²) in [6, 6.07) is 7.88. The topological polar surface area (TPSA) is 148 Å². The van der Waals surface area contributed by atoms with Crippen LogP contribution in [0.5, 0.6) is 0 Å². The van der Waals surface area contributed by atoms with E-state index in [-0.39, 0.29) is 31.0 Å². The molecule has 13 nitrogen and oxygen atoms in total. The summed E-state index contributed by atoms with van der Waals surface area (Å²) in [5.41, 5.74) is 9.26. The van der Waals surface area contributed by atoms with Gasteiger partial charge in [-0.1, -0.05) is 27.7 Å². The predicted octanol–water partition coefficient (Wildman–Crippen LogP) is 5.71. The number of carbonyl (C=O) groups is 4. The summed E-state index contributed by atoms with van der Waals surface area (Å²) in [7, 11) is 3.27. The van der Waals surface area contributed by atoms with Crippen molar-refractivity contribution in [1.29, 1.82) is 0 Å². The number of cyclic esters (lactones) is 1. The van der Waals surface area contributed by atoms with Crippen molar-refractivity contribution in [2.24, 2.45) is 11.3 Å². The smallest absolute Gasteiger partial charge is 0.324 e. The van der Waals surface area contributed by atoms with E-state index in [2.05, 4.69) is 60.3 Å². The highest BCUT2D eigenvalue weighted by atomic mass is 32.1. The van der Waals surface area contributed by atoms with E-state index in [1.54, 1.807) is 20.4 Å². The number of carbonyl (C=O) groups excluding carboxylic acids is 4. The van der Waals surface area contributed by atoms with Crippen molar-refractivity contribution in [2.75, 3.05) is 27.3 Å². The predicted molar refractivity (Wildman–Crippen MR) is 216 cm³/mol. The van der Waals surface area contributed by atoms with Crippen molar-refractivity contribution in [3.8, 4) is 21.8 Å². The highest BCUT2D eigenvalue weighted by Crippen LogP contribution is 2.42. The van der Waals surface area contributed by atoms with E-state index >= 15 is 0 Å². The Morgan fingerprint density at radius 3 is 2.66 bits per heavy atom. The number of aromatic nitrogens is 3. The summed E-state index contributed by atoms with van der Waals surface area (Å²) >= 11 is 1.48. The molecule has 1 unspecified atom stereocenters. The van der Waals surface area contributed by atoms with Crippen molar-refractivity contribution in [1.82, 2.24) is 35.2 Å². The molecule has 2 aliphatic rings. The highest BCUT2D eigenvalue weighted by molar-refractivity contribution is 7.13. The van der Waals surface area contributed by atoms with Crippen LogP contribution >= 0.6 is 11.3 Å². The van der Waals surface area contributed by atoms with E-state index in [9.17, 15) is 19.2 Å². The Labute approximate surface area is 333 Å². The molecular formula is C42H55N7O6S. The second kappa shape index (κ2) is 16.8.